The number of nitrogens with one attached hydrogen (secondary N) is 1. The Morgan fingerprint density at radius 2 is 2.10 bits per heavy atom. The van der Waals surface area contributed by atoms with Gasteiger partial charge in [-0.05, 0) is 38.0 Å². The first-order valence-corrected chi connectivity index (χ1v) is 6.85. The van der Waals surface area contributed by atoms with E-state index in [0.717, 1.165) is 12.1 Å². The molecule has 1 unspecified atom stereocenters. The molecule has 20 heavy (non-hydrogen) atoms. The average molecular weight is 271 g/mol. The van der Waals surface area contributed by atoms with E-state index in [1.807, 2.05) is 49.6 Å². The van der Waals surface area contributed by atoms with E-state index >= 15 is 0 Å². The molecule has 0 aliphatic rings. The van der Waals surface area contributed by atoms with Gasteiger partial charge in [0.25, 0.3) is 5.91 Å². The van der Waals surface area contributed by atoms with Crippen LogP contribution in [0.1, 0.15) is 41.5 Å². The minimum Gasteiger partial charge on any atom is -0.397 e. The van der Waals surface area contributed by atoms with Gasteiger partial charge in [-0.1, -0.05) is 24.3 Å². The van der Waals surface area contributed by atoms with E-state index < -0.39 is 0 Å². The second-order valence-electron chi connectivity index (χ2n) is 5.00. The lowest BCUT2D eigenvalue weighted by Crippen LogP contribution is -2.28. The highest BCUT2D eigenvalue weighted by Gasteiger charge is 2.16. The lowest BCUT2D eigenvalue weighted by atomic mass is 10.0. The van der Waals surface area contributed by atoms with Crippen molar-refractivity contribution in [3.05, 3.63) is 53.3 Å². The molecule has 0 spiro atoms. The van der Waals surface area contributed by atoms with Crippen molar-refractivity contribution in [2.45, 2.75) is 33.4 Å². The summed E-state index contributed by atoms with van der Waals surface area (Å²) in [4.78, 5) is 12.3. The summed E-state index contributed by atoms with van der Waals surface area (Å²) in [6.07, 6.45) is 1.79. The Labute approximate surface area is 119 Å². The largest absolute Gasteiger partial charge is 0.397 e. The van der Waals surface area contributed by atoms with Crippen molar-refractivity contribution < 1.29 is 4.79 Å². The second kappa shape index (κ2) is 5.82. The molecule has 1 amide bonds. The summed E-state index contributed by atoms with van der Waals surface area (Å²) in [5.74, 6) is -0.0979. The molecule has 1 aromatic carbocycles. The number of hydrogen-bond acceptors (Lipinski definition) is 2. The monoisotopic (exact) mass is 271 g/mol. The molecule has 0 saturated carbocycles. The zero-order valence-electron chi connectivity index (χ0n) is 12.2. The van der Waals surface area contributed by atoms with Gasteiger partial charge in [-0.3, -0.25) is 4.79 Å². The highest BCUT2D eigenvalue weighted by molar-refractivity contribution is 5.94. The van der Waals surface area contributed by atoms with Crippen molar-refractivity contribution in [2.75, 3.05) is 5.73 Å². The fraction of sp³-hybridized carbons (Fsp3) is 0.312. The fourth-order valence-electron chi connectivity index (χ4n) is 2.41. The minimum absolute atomic E-state index is 0.0369. The van der Waals surface area contributed by atoms with Crippen LogP contribution in [-0.4, -0.2) is 10.5 Å². The van der Waals surface area contributed by atoms with E-state index in [0.29, 0.717) is 11.4 Å². The third kappa shape index (κ3) is 2.85. The van der Waals surface area contributed by atoms with Gasteiger partial charge in [-0.25, -0.2) is 0 Å². The molecule has 4 heteroatoms. The number of aromatic nitrogens is 1. The third-order valence-corrected chi connectivity index (χ3v) is 3.49. The number of nitrogen functional groups attached to an aromatic ring is 1. The first-order chi connectivity index (χ1) is 9.52. The van der Waals surface area contributed by atoms with Crippen molar-refractivity contribution in [1.29, 1.82) is 0 Å². The van der Waals surface area contributed by atoms with E-state index in [-0.39, 0.29) is 11.9 Å². The van der Waals surface area contributed by atoms with Crippen molar-refractivity contribution in [3.8, 4) is 0 Å². The van der Waals surface area contributed by atoms with Gasteiger partial charge < -0.3 is 15.6 Å². The molecule has 1 aromatic heterocycles. The normalized spacial score (nSPS) is 12.2. The molecule has 0 aliphatic heterocycles. The van der Waals surface area contributed by atoms with Crippen LogP contribution in [0, 0.1) is 6.92 Å². The standard InChI is InChI=1S/C16H21N3O/c1-4-19-10-13(17)9-15(19)16(20)18-12(3)14-8-6-5-7-11(14)2/h5-10,12H,4,17H2,1-3H3,(H,18,20). The predicted octanol–water partition coefficient (Wildman–Crippen LogP) is 2.89. The Kier molecular flexibility index (Phi) is 4.13. The van der Waals surface area contributed by atoms with Crippen LogP contribution in [0.4, 0.5) is 5.69 Å². The van der Waals surface area contributed by atoms with Gasteiger partial charge in [0.1, 0.15) is 5.69 Å². The molecule has 0 bridgehead atoms. The Morgan fingerprint density at radius 1 is 1.40 bits per heavy atom. The maximum Gasteiger partial charge on any atom is 0.268 e. The maximum absolute atomic E-state index is 12.3. The van der Waals surface area contributed by atoms with Crippen molar-refractivity contribution in [3.63, 3.8) is 0 Å². The van der Waals surface area contributed by atoms with Crippen molar-refractivity contribution in [2.24, 2.45) is 0 Å². The van der Waals surface area contributed by atoms with Crippen LogP contribution in [0.2, 0.25) is 0 Å². The van der Waals surface area contributed by atoms with E-state index in [1.54, 1.807) is 12.3 Å². The minimum atomic E-state index is -0.0979. The number of carbonyl (C=O) groups is 1. The summed E-state index contributed by atoms with van der Waals surface area (Å²) in [5, 5.41) is 3.03. The third-order valence-electron chi connectivity index (χ3n) is 3.49. The summed E-state index contributed by atoms with van der Waals surface area (Å²) >= 11 is 0. The molecular weight excluding hydrogens is 250 g/mol. The van der Waals surface area contributed by atoms with Gasteiger partial charge in [0.2, 0.25) is 0 Å². The van der Waals surface area contributed by atoms with Gasteiger partial charge >= 0.3 is 0 Å². The average Bonchev–Trinajstić information content (AvgIpc) is 2.80. The van der Waals surface area contributed by atoms with Crippen LogP contribution in [0.25, 0.3) is 0 Å². The van der Waals surface area contributed by atoms with Gasteiger partial charge in [-0.15, -0.1) is 0 Å². The Hall–Kier alpha value is -2.23. The first kappa shape index (κ1) is 14.2. The van der Waals surface area contributed by atoms with Crippen LogP contribution in [-0.2, 0) is 6.54 Å². The smallest absolute Gasteiger partial charge is 0.268 e. The number of nitrogens with two attached hydrogens (primary N) is 1. The Balaban J connectivity index is 2.17. The number of carbonyl (C=O) groups excluding carboxylic acids is 1. The van der Waals surface area contributed by atoms with Crippen molar-refractivity contribution in [1.82, 2.24) is 9.88 Å². The molecule has 0 saturated heterocycles. The van der Waals surface area contributed by atoms with Crippen LogP contribution >= 0.6 is 0 Å². The summed E-state index contributed by atoms with van der Waals surface area (Å²) in [6, 6.07) is 9.74. The molecule has 3 N–H and O–H groups in total. The van der Waals surface area contributed by atoms with Crippen LogP contribution in [0.5, 0.6) is 0 Å². The number of aryl methyl sites for hydroxylation is 2. The van der Waals surface area contributed by atoms with Crippen LogP contribution < -0.4 is 11.1 Å². The number of nitrogens with zero attached hydrogens (tertiary/aromatic N) is 1. The number of amides is 1. The summed E-state index contributed by atoms with van der Waals surface area (Å²) in [5.41, 5.74) is 9.27. The van der Waals surface area contributed by atoms with E-state index in [9.17, 15) is 4.79 Å². The van der Waals surface area contributed by atoms with Crippen LogP contribution in [0.3, 0.4) is 0 Å². The zero-order chi connectivity index (χ0) is 14.7. The number of anilines is 1. The lowest BCUT2D eigenvalue weighted by molar-refractivity contribution is 0.0930. The van der Waals surface area contributed by atoms with Crippen LogP contribution in [0.15, 0.2) is 36.5 Å². The topological polar surface area (TPSA) is 60.0 Å². The molecule has 1 atom stereocenters. The van der Waals surface area contributed by atoms with Gasteiger partial charge in [0.05, 0.1) is 11.7 Å². The molecule has 106 valence electrons. The van der Waals surface area contributed by atoms with Crippen molar-refractivity contribution >= 4 is 11.6 Å². The van der Waals surface area contributed by atoms with E-state index in [1.165, 1.54) is 5.56 Å². The number of benzene rings is 1. The quantitative estimate of drug-likeness (QED) is 0.898. The molecule has 2 rings (SSSR count). The molecule has 2 aromatic rings. The first-order valence-electron chi connectivity index (χ1n) is 6.85. The Morgan fingerprint density at radius 3 is 2.75 bits per heavy atom. The summed E-state index contributed by atoms with van der Waals surface area (Å²) < 4.78 is 1.86. The van der Waals surface area contributed by atoms with Gasteiger partial charge in [0, 0.05) is 12.7 Å². The maximum atomic E-state index is 12.3. The summed E-state index contributed by atoms with van der Waals surface area (Å²) in [7, 11) is 0. The molecule has 0 aliphatic carbocycles. The highest BCUT2D eigenvalue weighted by Crippen LogP contribution is 2.18. The molecule has 0 radical (unpaired) electrons. The molecular formula is C16H21N3O. The molecule has 1 heterocycles. The number of hydrogen-bond donors (Lipinski definition) is 2. The number of rotatable bonds is 4. The SMILES string of the molecule is CCn1cc(N)cc1C(=O)NC(C)c1ccccc1C. The molecule has 4 nitrogen and oxygen atoms in total. The van der Waals surface area contributed by atoms with E-state index in [4.69, 9.17) is 5.73 Å². The van der Waals surface area contributed by atoms with E-state index in [2.05, 4.69) is 5.32 Å². The Bertz CT molecular complexity index is 616. The summed E-state index contributed by atoms with van der Waals surface area (Å²) in [6.45, 7) is 6.74. The molecule has 0 fully saturated rings. The zero-order valence-corrected chi connectivity index (χ0v) is 12.2. The van der Waals surface area contributed by atoms with Gasteiger partial charge in [0.15, 0.2) is 0 Å². The fourth-order valence-corrected chi connectivity index (χ4v) is 2.41. The van der Waals surface area contributed by atoms with Gasteiger partial charge in [-0.2, -0.15) is 0 Å². The predicted molar refractivity (Wildman–Crippen MR) is 81.6 cm³/mol. The lowest BCUT2D eigenvalue weighted by Gasteiger charge is -2.17. The highest BCUT2D eigenvalue weighted by atomic mass is 16.2. The second-order valence-corrected chi connectivity index (χ2v) is 5.00.